The van der Waals surface area contributed by atoms with Gasteiger partial charge in [0.15, 0.2) is 0 Å². The molecule has 0 unspecified atom stereocenters. The summed E-state index contributed by atoms with van der Waals surface area (Å²) in [5, 5.41) is 11.9. The first kappa shape index (κ1) is 13.0. The molecule has 1 heterocycles. The number of halogens is 2. The van der Waals surface area contributed by atoms with Crippen molar-refractivity contribution in [3.05, 3.63) is 34.9 Å². The van der Waals surface area contributed by atoms with Crippen molar-refractivity contribution in [2.24, 2.45) is 5.92 Å². The highest BCUT2D eigenvalue weighted by atomic mass is 19.1. The Bertz CT molecular complexity index is 457. The van der Waals surface area contributed by atoms with Crippen molar-refractivity contribution in [1.29, 1.82) is 0 Å². The highest BCUT2D eigenvalue weighted by Crippen LogP contribution is 2.22. The van der Waals surface area contributed by atoms with Crippen molar-refractivity contribution >= 4 is 5.97 Å². The molecule has 0 amide bonds. The second-order valence-corrected chi connectivity index (χ2v) is 4.63. The maximum Gasteiger partial charge on any atom is 0.338 e. The first-order chi connectivity index (χ1) is 8.58. The van der Waals surface area contributed by atoms with Crippen molar-refractivity contribution < 1.29 is 18.7 Å². The van der Waals surface area contributed by atoms with E-state index in [1.165, 1.54) is 0 Å². The van der Waals surface area contributed by atoms with Crippen molar-refractivity contribution in [3.63, 3.8) is 0 Å². The fraction of sp³-hybridized carbons (Fsp3) is 0.462. The van der Waals surface area contributed by atoms with Crippen LogP contribution in [0.4, 0.5) is 8.78 Å². The molecule has 0 atom stereocenters. The molecule has 0 aromatic heterocycles. The van der Waals surface area contributed by atoms with Crippen LogP contribution in [0.5, 0.6) is 0 Å². The number of benzene rings is 1. The lowest BCUT2D eigenvalue weighted by molar-refractivity contribution is 0.0691. The number of hydrogen-bond acceptors (Lipinski definition) is 2. The fourth-order valence-electron chi connectivity index (χ4n) is 2.31. The van der Waals surface area contributed by atoms with E-state index < -0.39 is 23.2 Å². The third-order valence-electron chi connectivity index (χ3n) is 3.33. The molecule has 1 aliphatic heterocycles. The van der Waals surface area contributed by atoms with Gasteiger partial charge in [0.25, 0.3) is 0 Å². The van der Waals surface area contributed by atoms with Gasteiger partial charge >= 0.3 is 5.97 Å². The molecule has 98 valence electrons. The number of carboxylic acids is 1. The molecule has 5 heteroatoms. The molecule has 18 heavy (non-hydrogen) atoms. The van der Waals surface area contributed by atoms with E-state index in [0.29, 0.717) is 12.3 Å². The Hall–Kier alpha value is -1.49. The first-order valence-electron chi connectivity index (χ1n) is 6.00. The SMILES string of the molecule is O=C(O)c1cc(F)c(CC2CCNCC2)cc1F. The molecule has 1 aromatic rings. The van der Waals surface area contributed by atoms with Crippen LogP contribution in [-0.4, -0.2) is 24.2 Å². The molecular weight excluding hydrogens is 240 g/mol. The Morgan fingerprint density at radius 1 is 1.28 bits per heavy atom. The summed E-state index contributed by atoms with van der Waals surface area (Å²) in [4.78, 5) is 10.7. The van der Waals surface area contributed by atoms with Crippen molar-refractivity contribution in [2.45, 2.75) is 19.3 Å². The number of carbonyl (C=O) groups is 1. The number of rotatable bonds is 3. The number of carboxylic acid groups (broad SMARTS) is 1. The summed E-state index contributed by atoms with van der Waals surface area (Å²) in [6.45, 7) is 1.78. The summed E-state index contributed by atoms with van der Waals surface area (Å²) < 4.78 is 27.2. The zero-order valence-corrected chi connectivity index (χ0v) is 9.88. The summed E-state index contributed by atoms with van der Waals surface area (Å²) in [5.74, 6) is -2.61. The van der Waals surface area contributed by atoms with Gasteiger partial charge in [-0.05, 0) is 56.0 Å². The van der Waals surface area contributed by atoms with E-state index >= 15 is 0 Å². The van der Waals surface area contributed by atoms with E-state index in [4.69, 9.17) is 5.11 Å². The first-order valence-corrected chi connectivity index (χ1v) is 6.00. The monoisotopic (exact) mass is 255 g/mol. The van der Waals surface area contributed by atoms with Gasteiger partial charge in [0.05, 0.1) is 5.56 Å². The summed E-state index contributed by atoms with van der Waals surface area (Å²) in [6.07, 6.45) is 2.33. The van der Waals surface area contributed by atoms with Gasteiger partial charge in [0, 0.05) is 0 Å². The third-order valence-corrected chi connectivity index (χ3v) is 3.33. The van der Waals surface area contributed by atoms with E-state index in [1.807, 2.05) is 0 Å². The van der Waals surface area contributed by atoms with Crippen LogP contribution in [0.2, 0.25) is 0 Å². The minimum atomic E-state index is -1.44. The predicted octanol–water partition coefficient (Wildman–Crippen LogP) is 2.21. The second kappa shape index (κ2) is 5.44. The lowest BCUT2D eigenvalue weighted by Gasteiger charge is -2.22. The number of nitrogens with one attached hydrogen (secondary N) is 1. The van der Waals surface area contributed by atoms with E-state index in [9.17, 15) is 13.6 Å². The minimum Gasteiger partial charge on any atom is -0.478 e. The van der Waals surface area contributed by atoms with Gasteiger partial charge in [0.2, 0.25) is 0 Å². The number of hydrogen-bond donors (Lipinski definition) is 2. The van der Waals surface area contributed by atoms with Crippen LogP contribution in [0.3, 0.4) is 0 Å². The normalized spacial score (nSPS) is 16.8. The summed E-state index contributed by atoms with van der Waals surface area (Å²) >= 11 is 0. The standard InChI is InChI=1S/C13H15F2NO2/c14-11-7-10(13(17)18)12(15)6-9(11)5-8-1-3-16-4-2-8/h6-8,16H,1-5H2,(H,17,18). The molecule has 2 rings (SSSR count). The highest BCUT2D eigenvalue weighted by molar-refractivity contribution is 5.88. The zero-order valence-electron chi connectivity index (χ0n) is 9.88. The van der Waals surface area contributed by atoms with Gasteiger partial charge in [-0.1, -0.05) is 0 Å². The maximum absolute atomic E-state index is 13.7. The van der Waals surface area contributed by atoms with Crippen molar-refractivity contribution in [1.82, 2.24) is 5.32 Å². The van der Waals surface area contributed by atoms with Gasteiger partial charge < -0.3 is 10.4 Å². The molecular formula is C13H15F2NO2. The predicted molar refractivity (Wildman–Crippen MR) is 62.6 cm³/mol. The Labute approximate surface area is 104 Å². The van der Waals surface area contributed by atoms with Crippen LogP contribution >= 0.6 is 0 Å². The lowest BCUT2D eigenvalue weighted by Crippen LogP contribution is -2.28. The van der Waals surface area contributed by atoms with Gasteiger partial charge in [-0.25, -0.2) is 13.6 Å². The van der Waals surface area contributed by atoms with E-state index in [2.05, 4.69) is 5.32 Å². The second-order valence-electron chi connectivity index (χ2n) is 4.63. The van der Waals surface area contributed by atoms with Crippen molar-refractivity contribution in [3.8, 4) is 0 Å². The van der Waals surface area contributed by atoms with Crippen LogP contribution in [0, 0.1) is 17.6 Å². The molecule has 2 N–H and O–H groups in total. The lowest BCUT2D eigenvalue weighted by atomic mass is 9.90. The van der Waals surface area contributed by atoms with Crippen molar-refractivity contribution in [2.75, 3.05) is 13.1 Å². The van der Waals surface area contributed by atoms with Crippen LogP contribution in [0.1, 0.15) is 28.8 Å². The van der Waals surface area contributed by atoms with Gasteiger partial charge in [-0.2, -0.15) is 0 Å². The molecule has 1 aliphatic rings. The third kappa shape index (κ3) is 2.85. The topological polar surface area (TPSA) is 49.3 Å². The Kier molecular flexibility index (Phi) is 3.91. The van der Waals surface area contributed by atoms with Gasteiger partial charge in [-0.15, -0.1) is 0 Å². The van der Waals surface area contributed by atoms with Crippen LogP contribution in [-0.2, 0) is 6.42 Å². The Morgan fingerprint density at radius 3 is 2.56 bits per heavy atom. The average molecular weight is 255 g/mol. The number of piperidine rings is 1. The van der Waals surface area contributed by atoms with E-state index in [1.54, 1.807) is 0 Å². The van der Waals surface area contributed by atoms with Gasteiger partial charge in [-0.3, -0.25) is 0 Å². The van der Waals surface area contributed by atoms with E-state index in [-0.39, 0.29) is 5.56 Å². The summed E-state index contributed by atoms with van der Waals surface area (Å²) in [5.41, 5.74) is -0.342. The molecule has 0 radical (unpaired) electrons. The van der Waals surface area contributed by atoms with E-state index in [0.717, 1.165) is 38.1 Å². The molecule has 0 saturated carbocycles. The van der Waals surface area contributed by atoms with Crippen LogP contribution in [0.15, 0.2) is 12.1 Å². The van der Waals surface area contributed by atoms with Crippen LogP contribution < -0.4 is 5.32 Å². The summed E-state index contributed by atoms with van der Waals surface area (Å²) in [7, 11) is 0. The average Bonchev–Trinajstić information content (AvgIpc) is 2.34. The number of aromatic carboxylic acids is 1. The Morgan fingerprint density at radius 2 is 1.94 bits per heavy atom. The maximum atomic E-state index is 13.7. The summed E-state index contributed by atoms with van der Waals surface area (Å²) in [6, 6.07) is 1.79. The van der Waals surface area contributed by atoms with Gasteiger partial charge in [0.1, 0.15) is 11.6 Å². The highest BCUT2D eigenvalue weighted by Gasteiger charge is 2.19. The molecule has 1 saturated heterocycles. The molecule has 0 bridgehead atoms. The quantitative estimate of drug-likeness (QED) is 0.870. The smallest absolute Gasteiger partial charge is 0.338 e. The molecule has 3 nitrogen and oxygen atoms in total. The molecule has 1 fully saturated rings. The molecule has 0 aliphatic carbocycles. The largest absolute Gasteiger partial charge is 0.478 e. The zero-order chi connectivity index (χ0) is 13.1. The minimum absolute atomic E-state index is 0.268. The van der Waals surface area contributed by atoms with Crippen LogP contribution in [0.25, 0.3) is 0 Å². The molecule has 1 aromatic carbocycles. The molecule has 0 spiro atoms. The fourth-order valence-corrected chi connectivity index (χ4v) is 2.31. The Balaban J connectivity index is 2.18.